The second-order valence-corrected chi connectivity index (χ2v) is 5.66. The Morgan fingerprint density at radius 1 is 1.32 bits per heavy atom. The van der Waals surface area contributed by atoms with E-state index in [1.807, 2.05) is 19.2 Å². The third-order valence-electron chi connectivity index (χ3n) is 3.22. The second-order valence-electron chi connectivity index (χ2n) is 4.55. The van der Waals surface area contributed by atoms with E-state index in [0.717, 1.165) is 17.0 Å². The number of hydrogen-bond donors (Lipinski definition) is 1. The molecule has 2 heterocycles. The fourth-order valence-corrected chi connectivity index (χ4v) is 3.34. The van der Waals surface area contributed by atoms with Crippen molar-refractivity contribution in [2.75, 3.05) is 0 Å². The van der Waals surface area contributed by atoms with Crippen LogP contribution in [0.5, 0.6) is 5.75 Å². The standard InChI is InChI=1S/C14H11NO3S/c1-7-6-8(4-5-15-7)9-2-3-10(19-9)11-12(16)14(18)13(11)17/h2-3,5-6,8,16H,4H2,1H3. The first-order valence-electron chi connectivity index (χ1n) is 5.91. The lowest BCUT2D eigenvalue weighted by molar-refractivity contribution is 0.466. The molecule has 1 unspecified atom stereocenters. The highest BCUT2D eigenvalue weighted by atomic mass is 32.1. The highest BCUT2D eigenvalue weighted by Crippen LogP contribution is 2.36. The molecule has 0 saturated heterocycles. The molecule has 0 bridgehead atoms. The lowest BCUT2D eigenvalue weighted by Gasteiger charge is -2.12. The van der Waals surface area contributed by atoms with Crippen molar-refractivity contribution in [3.63, 3.8) is 0 Å². The van der Waals surface area contributed by atoms with Crippen LogP contribution in [0.1, 0.15) is 24.1 Å². The van der Waals surface area contributed by atoms with Crippen LogP contribution in [0.2, 0.25) is 0 Å². The molecule has 0 aliphatic carbocycles. The Bertz CT molecular complexity index is 775. The summed E-state index contributed by atoms with van der Waals surface area (Å²) < 4.78 is 0. The van der Waals surface area contributed by atoms with Crippen molar-refractivity contribution in [2.24, 2.45) is 4.99 Å². The van der Waals surface area contributed by atoms with Crippen molar-refractivity contribution in [1.82, 2.24) is 0 Å². The van der Waals surface area contributed by atoms with Crippen LogP contribution in [0.15, 0.2) is 38.5 Å². The molecular weight excluding hydrogens is 262 g/mol. The Morgan fingerprint density at radius 2 is 2.11 bits per heavy atom. The molecule has 3 rings (SSSR count). The molecular formula is C14H11NO3S. The molecule has 1 N–H and O–H groups in total. The highest BCUT2D eigenvalue weighted by molar-refractivity contribution is 7.15. The minimum atomic E-state index is -0.787. The molecule has 0 radical (unpaired) electrons. The lowest BCUT2D eigenvalue weighted by atomic mass is 10.0. The fourth-order valence-electron chi connectivity index (χ4n) is 2.21. The van der Waals surface area contributed by atoms with E-state index in [9.17, 15) is 14.7 Å². The van der Waals surface area contributed by atoms with Gasteiger partial charge in [0.05, 0.1) is 5.56 Å². The minimum Gasteiger partial charge on any atom is -0.503 e. The molecule has 1 aromatic heterocycles. The van der Waals surface area contributed by atoms with Gasteiger partial charge in [0.1, 0.15) is 0 Å². The average Bonchev–Trinajstić information content (AvgIpc) is 2.88. The Kier molecular flexibility index (Phi) is 2.71. The molecule has 1 aliphatic rings. The first-order valence-corrected chi connectivity index (χ1v) is 6.73. The Morgan fingerprint density at radius 3 is 2.79 bits per heavy atom. The normalized spacial score (nSPS) is 18.8. The second kappa shape index (κ2) is 4.28. The first-order chi connectivity index (χ1) is 9.08. The summed E-state index contributed by atoms with van der Waals surface area (Å²) in [6, 6.07) is 3.72. The maximum absolute atomic E-state index is 11.4. The van der Waals surface area contributed by atoms with Crippen LogP contribution in [0.4, 0.5) is 0 Å². The van der Waals surface area contributed by atoms with E-state index in [0.29, 0.717) is 4.88 Å². The summed E-state index contributed by atoms with van der Waals surface area (Å²) in [4.78, 5) is 28.4. The van der Waals surface area contributed by atoms with E-state index in [1.165, 1.54) is 11.3 Å². The van der Waals surface area contributed by atoms with Crippen molar-refractivity contribution in [2.45, 2.75) is 19.3 Å². The molecule has 0 saturated carbocycles. The number of hydrogen-bond acceptors (Lipinski definition) is 5. The van der Waals surface area contributed by atoms with Crippen molar-refractivity contribution in [3.05, 3.63) is 49.2 Å². The van der Waals surface area contributed by atoms with Crippen molar-refractivity contribution in [1.29, 1.82) is 0 Å². The smallest absolute Gasteiger partial charge is 0.268 e. The monoisotopic (exact) mass is 273 g/mol. The van der Waals surface area contributed by atoms with Crippen molar-refractivity contribution < 1.29 is 5.11 Å². The molecule has 0 amide bonds. The van der Waals surface area contributed by atoms with Crippen LogP contribution >= 0.6 is 11.3 Å². The van der Waals surface area contributed by atoms with Gasteiger partial charge in [0.25, 0.3) is 5.43 Å². The van der Waals surface area contributed by atoms with Crippen LogP contribution in [0, 0.1) is 0 Å². The number of nitrogens with zero attached hydrogens (tertiary/aromatic N) is 1. The van der Waals surface area contributed by atoms with Crippen LogP contribution < -0.4 is 10.9 Å². The molecule has 5 heteroatoms. The zero-order valence-electron chi connectivity index (χ0n) is 10.2. The summed E-state index contributed by atoms with van der Waals surface area (Å²) in [7, 11) is 0. The van der Waals surface area contributed by atoms with Crippen molar-refractivity contribution in [3.8, 4) is 16.2 Å². The molecule has 2 aromatic rings. The summed E-state index contributed by atoms with van der Waals surface area (Å²) in [5, 5.41) is 9.44. The quantitative estimate of drug-likeness (QED) is 0.853. The molecule has 1 aliphatic heterocycles. The van der Waals surface area contributed by atoms with Crippen LogP contribution in [-0.4, -0.2) is 11.3 Å². The zero-order chi connectivity index (χ0) is 13.6. The van der Waals surface area contributed by atoms with Gasteiger partial charge in [-0.15, -0.1) is 11.3 Å². The van der Waals surface area contributed by atoms with Gasteiger partial charge in [0.15, 0.2) is 5.75 Å². The number of aromatic hydroxyl groups is 1. The topological polar surface area (TPSA) is 66.7 Å². The average molecular weight is 273 g/mol. The van der Waals surface area contributed by atoms with Gasteiger partial charge in [-0.1, -0.05) is 6.08 Å². The lowest BCUT2D eigenvalue weighted by Crippen LogP contribution is -2.31. The molecule has 19 heavy (non-hydrogen) atoms. The largest absolute Gasteiger partial charge is 0.503 e. The van der Waals surface area contributed by atoms with E-state index in [1.54, 1.807) is 6.07 Å². The van der Waals surface area contributed by atoms with Crippen LogP contribution in [-0.2, 0) is 0 Å². The molecule has 1 atom stereocenters. The van der Waals surface area contributed by atoms with Crippen LogP contribution in [0.25, 0.3) is 10.4 Å². The SMILES string of the molecule is CC1=CC(c2ccc(-c3c(O)c(=O)c3=O)s2)CC=N1. The summed E-state index contributed by atoms with van der Waals surface area (Å²) in [5.74, 6) is -0.153. The number of allylic oxidation sites excluding steroid dienone is 2. The summed E-state index contributed by atoms with van der Waals surface area (Å²) >= 11 is 1.44. The fraction of sp³-hybridized carbons (Fsp3) is 0.214. The number of thiophene rings is 1. The maximum Gasteiger partial charge on any atom is 0.268 e. The molecule has 4 nitrogen and oxygen atoms in total. The number of rotatable bonds is 2. The Balaban J connectivity index is 1.95. The van der Waals surface area contributed by atoms with Gasteiger partial charge in [-0.3, -0.25) is 14.6 Å². The highest BCUT2D eigenvalue weighted by Gasteiger charge is 2.24. The van der Waals surface area contributed by atoms with E-state index in [-0.39, 0.29) is 11.5 Å². The van der Waals surface area contributed by atoms with E-state index < -0.39 is 16.6 Å². The van der Waals surface area contributed by atoms with Gasteiger partial charge >= 0.3 is 0 Å². The predicted octanol–water partition coefficient (Wildman–Crippen LogP) is 2.18. The maximum atomic E-state index is 11.4. The van der Waals surface area contributed by atoms with E-state index in [4.69, 9.17) is 0 Å². The van der Waals surface area contributed by atoms with E-state index in [2.05, 4.69) is 11.1 Å². The third-order valence-corrected chi connectivity index (χ3v) is 4.46. The molecule has 96 valence electrons. The molecule has 0 spiro atoms. The minimum absolute atomic E-state index is 0.159. The van der Waals surface area contributed by atoms with Gasteiger partial charge in [-0.2, -0.15) is 0 Å². The molecule has 1 aromatic carbocycles. The zero-order valence-corrected chi connectivity index (χ0v) is 11.0. The third kappa shape index (κ3) is 1.86. The predicted molar refractivity (Wildman–Crippen MR) is 75.9 cm³/mol. The van der Waals surface area contributed by atoms with Gasteiger partial charge < -0.3 is 5.11 Å². The summed E-state index contributed by atoms with van der Waals surface area (Å²) in [5.41, 5.74) is -0.247. The molecule has 0 fully saturated rings. The van der Waals surface area contributed by atoms with Crippen molar-refractivity contribution >= 4 is 17.6 Å². The Labute approximate surface area is 113 Å². The van der Waals surface area contributed by atoms with Gasteiger partial charge in [-0.05, 0) is 25.5 Å². The van der Waals surface area contributed by atoms with Gasteiger partial charge in [-0.25, -0.2) is 0 Å². The summed E-state index contributed by atoms with van der Waals surface area (Å²) in [6.45, 7) is 1.94. The van der Waals surface area contributed by atoms with Gasteiger partial charge in [0, 0.05) is 27.6 Å². The van der Waals surface area contributed by atoms with E-state index >= 15 is 0 Å². The Hall–Kier alpha value is -2.01. The van der Waals surface area contributed by atoms with Gasteiger partial charge in [0.2, 0.25) is 5.43 Å². The first kappa shape index (κ1) is 12.0. The number of aliphatic imine (C=N–C) groups is 1. The van der Waals surface area contributed by atoms with Crippen LogP contribution in [0.3, 0.4) is 0 Å². The summed E-state index contributed by atoms with van der Waals surface area (Å²) in [6.07, 6.45) is 4.79.